The van der Waals surface area contributed by atoms with E-state index in [1.807, 2.05) is 0 Å². The van der Waals surface area contributed by atoms with Gasteiger partial charge in [0.1, 0.15) is 85.6 Å². The van der Waals surface area contributed by atoms with Crippen molar-refractivity contribution >= 4 is 6.29 Å². The molecule has 0 aromatic rings. The molecule has 1 unspecified atom stereocenters. The van der Waals surface area contributed by atoms with Crippen molar-refractivity contribution in [2.75, 3.05) is 26.4 Å². The molecule has 4 saturated heterocycles. The van der Waals surface area contributed by atoms with Crippen molar-refractivity contribution in [3.63, 3.8) is 0 Å². The van der Waals surface area contributed by atoms with Crippen LogP contribution in [0.25, 0.3) is 0 Å². The molecular weight excluding hydrogens is 977 g/mol. The van der Waals surface area contributed by atoms with E-state index in [9.17, 15) is 71.2 Å². The third-order valence-corrected chi connectivity index (χ3v) is 20.2. The zero-order valence-corrected chi connectivity index (χ0v) is 43.5. The van der Waals surface area contributed by atoms with Gasteiger partial charge in [-0.1, -0.05) is 39.8 Å². The number of rotatable bonds is 16. The summed E-state index contributed by atoms with van der Waals surface area (Å²) >= 11 is 0. The van der Waals surface area contributed by atoms with Crippen LogP contribution in [0.3, 0.4) is 0 Å². The van der Waals surface area contributed by atoms with Gasteiger partial charge in [-0.05, 0) is 118 Å². The van der Waals surface area contributed by atoms with E-state index < -0.39 is 152 Å². The molecule has 22 nitrogen and oxygen atoms in total. The van der Waals surface area contributed by atoms with Crippen molar-refractivity contribution in [3.8, 4) is 0 Å². The van der Waals surface area contributed by atoms with Crippen molar-refractivity contribution in [2.45, 2.75) is 234 Å². The second-order valence-electron chi connectivity index (χ2n) is 24.4. The fourth-order valence-corrected chi connectivity index (χ4v) is 15.5. The van der Waals surface area contributed by atoms with E-state index in [0.29, 0.717) is 44.1 Å². The highest BCUT2D eigenvalue weighted by atomic mass is 16.8. The minimum absolute atomic E-state index is 0.0552. The fourth-order valence-electron chi connectivity index (χ4n) is 15.5. The minimum atomic E-state index is -1.77. The summed E-state index contributed by atoms with van der Waals surface area (Å²) in [7, 11) is 0. The lowest BCUT2D eigenvalue weighted by Crippen LogP contribution is -2.67. The maximum absolute atomic E-state index is 14.2. The van der Waals surface area contributed by atoms with Gasteiger partial charge in [0.15, 0.2) is 25.2 Å². The molecule has 0 spiro atoms. The van der Waals surface area contributed by atoms with Gasteiger partial charge in [0.2, 0.25) is 0 Å². The molecular formula is C52H86O22. The average molecular weight is 1060 g/mol. The Kier molecular flexibility index (Phi) is 17.7. The Labute approximate surface area is 432 Å². The molecule has 0 radical (unpaired) electrons. The molecule has 0 amide bonds. The van der Waals surface area contributed by atoms with Gasteiger partial charge < -0.3 is 109 Å². The van der Waals surface area contributed by atoms with Crippen LogP contribution < -0.4 is 0 Å². The third kappa shape index (κ3) is 10.1. The lowest BCUT2D eigenvalue weighted by atomic mass is 9.35. The van der Waals surface area contributed by atoms with Crippen LogP contribution in [0.15, 0.2) is 12.2 Å². The fraction of sp³-hybridized carbons (Fsp3) is 0.942. The Balaban J connectivity index is 1.03. The molecule has 0 aromatic heterocycles. The first-order valence-corrected chi connectivity index (χ1v) is 26.8. The Bertz CT molecular complexity index is 1930. The van der Waals surface area contributed by atoms with Crippen LogP contribution >= 0.6 is 0 Å². The molecule has 4 aliphatic heterocycles. The van der Waals surface area contributed by atoms with Gasteiger partial charge >= 0.3 is 0 Å². The molecule has 4 saturated carbocycles. The summed E-state index contributed by atoms with van der Waals surface area (Å²) in [5, 5.41) is 140. The predicted molar refractivity (Wildman–Crippen MR) is 255 cm³/mol. The van der Waals surface area contributed by atoms with Gasteiger partial charge in [-0.3, -0.25) is 0 Å². The second kappa shape index (κ2) is 22.2. The van der Waals surface area contributed by atoms with Crippen molar-refractivity contribution in [1.82, 2.24) is 0 Å². The molecule has 426 valence electrons. The van der Waals surface area contributed by atoms with Crippen molar-refractivity contribution in [1.29, 1.82) is 0 Å². The largest absolute Gasteiger partial charge is 0.394 e. The predicted octanol–water partition coefficient (Wildman–Crippen LogP) is -1.75. The summed E-state index contributed by atoms with van der Waals surface area (Å²) in [5.41, 5.74) is -3.30. The summed E-state index contributed by atoms with van der Waals surface area (Å²) in [4.78, 5) is 14.2. The normalized spacial score (nSPS) is 51.7. The number of aliphatic hydroxyl groups excluding tert-OH is 12. The molecule has 4 heterocycles. The highest BCUT2D eigenvalue weighted by Crippen LogP contribution is 2.76. The summed E-state index contributed by atoms with van der Waals surface area (Å²) in [6, 6.07) is 0. The SMILES string of the molecule is C=C(C)[C@@H](O)CC[C@@](O)(CO[C@@H]1O[C@H](CO)[C@@H](O)[C@H](O)[C@H]1O)[C@H]1CC[C@]2(C)[C@@H]1CC[C@@H]1[C@@]3(C=O)CC[C@H](O[C@@H]4OC[C@H](O)[C@H](O[C@@H]5OC[C@@H](O)[C@H](O)[C@H]5O)[C@H]4O[C@@H]4O[C@@H](C)[C@H](O)[C@@H](O)[C@H]4O)C(C)(C)C3CC[C@]12C. The highest BCUT2D eigenvalue weighted by Gasteiger charge is 2.71. The molecule has 13 N–H and O–H groups in total. The molecule has 8 rings (SSSR count). The van der Waals surface area contributed by atoms with Gasteiger partial charge in [0, 0.05) is 5.41 Å². The van der Waals surface area contributed by atoms with E-state index in [4.69, 9.17) is 37.9 Å². The van der Waals surface area contributed by atoms with E-state index in [-0.39, 0.29) is 60.6 Å². The number of aliphatic hydroxyl groups is 13. The van der Waals surface area contributed by atoms with Crippen LogP contribution in [0.2, 0.25) is 0 Å². The minimum Gasteiger partial charge on any atom is -0.394 e. The Morgan fingerprint density at radius 2 is 1.31 bits per heavy atom. The maximum atomic E-state index is 14.2. The zero-order chi connectivity index (χ0) is 54.2. The van der Waals surface area contributed by atoms with Gasteiger partial charge in [0.05, 0.1) is 50.3 Å². The number of ether oxygens (including phenoxy) is 8. The first kappa shape index (κ1) is 58.7. The van der Waals surface area contributed by atoms with Crippen LogP contribution in [0.1, 0.15) is 106 Å². The monoisotopic (exact) mass is 1060 g/mol. The molecule has 0 aromatic carbocycles. The van der Waals surface area contributed by atoms with Crippen molar-refractivity contribution in [3.05, 3.63) is 12.2 Å². The van der Waals surface area contributed by atoms with Crippen LogP contribution in [0, 0.1) is 45.3 Å². The number of fused-ring (bicyclic) bond motifs is 5. The summed E-state index contributed by atoms with van der Waals surface area (Å²) in [6.45, 7) is 14.0. The molecule has 28 atom stereocenters. The summed E-state index contributed by atoms with van der Waals surface area (Å²) in [5.74, 6) is -0.680. The van der Waals surface area contributed by atoms with Crippen LogP contribution in [0.4, 0.5) is 0 Å². The third-order valence-electron chi connectivity index (χ3n) is 20.2. The first-order chi connectivity index (χ1) is 34.7. The van der Waals surface area contributed by atoms with E-state index in [1.165, 1.54) is 6.92 Å². The smallest absolute Gasteiger partial charge is 0.187 e. The molecule has 4 aliphatic carbocycles. The van der Waals surface area contributed by atoms with E-state index >= 15 is 0 Å². The van der Waals surface area contributed by atoms with E-state index in [1.54, 1.807) is 6.92 Å². The molecule has 0 bridgehead atoms. The molecule has 74 heavy (non-hydrogen) atoms. The van der Waals surface area contributed by atoms with E-state index in [2.05, 4.69) is 34.3 Å². The van der Waals surface area contributed by atoms with Crippen LogP contribution in [-0.2, 0) is 42.7 Å². The lowest BCUT2D eigenvalue weighted by molar-refractivity contribution is -0.383. The number of carbonyl (C=O) groups is 1. The van der Waals surface area contributed by atoms with Crippen LogP contribution in [-0.4, -0.2) is 228 Å². The number of carbonyl (C=O) groups excluding carboxylic acids is 1. The number of aldehydes is 1. The Hall–Kier alpha value is -1.43. The van der Waals surface area contributed by atoms with Gasteiger partial charge in [0.25, 0.3) is 0 Å². The molecule has 22 heteroatoms. The summed E-state index contributed by atoms with van der Waals surface area (Å²) < 4.78 is 48.6. The number of hydrogen-bond donors (Lipinski definition) is 13. The standard InChI is InChI=1S/C52H86O22/c1-23(2)27(55)11-17-52(66,22-69-45-40(64)38(62)36(60)30(18-53)71-45)26-10-14-49(6)25(26)8-9-32-50(49,7)15-12-31-48(4,5)33(13-16-51(31,32)21-54)72-47-43(74-46-41(65)37(61)34(58)24(3)70-46)42(29(57)20-68-47)73-44-39(63)35(59)28(56)19-67-44/h21,24-47,53,55-66H,1,8-20,22H2,2-7H3/t24-,25+,26-,27-,28+,29-,30+,31?,32-,33-,34-,35-,36+,37+,38-,39+,40+,41+,42-,43+,44-,45+,46-,47-,49+,50+,51+,52+/m0/s1. The average Bonchev–Trinajstić information content (AvgIpc) is 3.74. The van der Waals surface area contributed by atoms with Gasteiger partial charge in [-0.2, -0.15) is 0 Å². The second-order valence-corrected chi connectivity index (χ2v) is 24.4. The van der Waals surface area contributed by atoms with Gasteiger partial charge in [-0.25, -0.2) is 0 Å². The van der Waals surface area contributed by atoms with Crippen molar-refractivity contribution < 1.29 is 109 Å². The quantitative estimate of drug-likeness (QED) is 0.0463. The van der Waals surface area contributed by atoms with E-state index in [0.717, 1.165) is 19.1 Å². The highest BCUT2D eigenvalue weighted by molar-refractivity contribution is 5.62. The van der Waals surface area contributed by atoms with Gasteiger partial charge in [-0.15, -0.1) is 0 Å². The molecule has 8 fully saturated rings. The Morgan fingerprint density at radius 1 is 0.689 bits per heavy atom. The lowest BCUT2D eigenvalue weighted by Gasteiger charge is -2.69. The maximum Gasteiger partial charge on any atom is 0.187 e. The number of hydrogen-bond acceptors (Lipinski definition) is 22. The van der Waals surface area contributed by atoms with Crippen LogP contribution in [0.5, 0.6) is 0 Å². The topological polar surface area (TPSA) is 354 Å². The zero-order valence-electron chi connectivity index (χ0n) is 43.5. The van der Waals surface area contributed by atoms with Crippen molar-refractivity contribution in [2.24, 2.45) is 45.3 Å². The Morgan fingerprint density at radius 3 is 1.99 bits per heavy atom. The summed E-state index contributed by atoms with van der Waals surface area (Å²) in [6.07, 6.45) is -22.4. The molecule has 8 aliphatic rings. The first-order valence-electron chi connectivity index (χ1n) is 26.8.